The highest BCUT2D eigenvalue weighted by molar-refractivity contribution is 6.21. The second-order valence-electron chi connectivity index (χ2n) is 15.5. The van der Waals surface area contributed by atoms with Gasteiger partial charge in [-0.1, -0.05) is 194 Å². The van der Waals surface area contributed by atoms with E-state index in [1.807, 2.05) is 0 Å². The van der Waals surface area contributed by atoms with E-state index in [4.69, 9.17) is 0 Å². The lowest BCUT2D eigenvalue weighted by Crippen LogP contribution is -2.28. The summed E-state index contributed by atoms with van der Waals surface area (Å²) in [7, 11) is 0. The number of para-hydroxylation sites is 2. The zero-order valence-corrected chi connectivity index (χ0v) is 31.8. The zero-order valence-electron chi connectivity index (χ0n) is 31.8. The van der Waals surface area contributed by atoms with Crippen LogP contribution in [0.25, 0.3) is 82.4 Å². The van der Waals surface area contributed by atoms with Gasteiger partial charge in [0, 0.05) is 16.5 Å². The third-order valence-corrected chi connectivity index (χ3v) is 12.7. The van der Waals surface area contributed by atoms with Crippen molar-refractivity contribution in [1.29, 1.82) is 0 Å². The lowest BCUT2D eigenvalue weighted by Gasteiger charge is -2.34. The standard InChI is InChI=1S/C57H37N/c1-3-19-40(20-4-1)57(41-21-5-2-6-22-41)51-31-14-11-24-43(51)44-35-34-39(37-52(44)57)56-49-29-9-7-27-47(49)55(48-28-8-10-30-50(48)56)38-18-17-23-42(36-38)58-53-32-15-12-25-45(53)46-26-13-16-33-54(46)58/h1-37H. The first-order valence-corrected chi connectivity index (χ1v) is 20.2. The molecule has 1 heterocycles. The van der Waals surface area contributed by atoms with E-state index in [1.54, 1.807) is 0 Å². The van der Waals surface area contributed by atoms with Crippen molar-refractivity contribution in [3.8, 4) is 39.1 Å². The van der Waals surface area contributed by atoms with Gasteiger partial charge in [0.15, 0.2) is 0 Å². The fraction of sp³-hybridized carbons (Fsp3) is 0.0175. The van der Waals surface area contributed by atoms with Crippen LogP contribution in [0.5, 0.6) is 0 Å². The molecule has 58 heavy (non-hydrogen) atoms. The molecule has 1 aliphatic rings. The predicted molar refractivity (Wildman–Crippen MR) is 244 cm³/mol. The van der Waals surface area contributed by atoms with E-state index in [0.29, 0.717) is 0 Å². The molecule has 0 saturated heterocycles. The summed E-state index contributed by atoms with van der Waals surface area (Å²) in [4.78, 5) is 0. The van der Waals surface area contributed by atoms with Crippen molar-refractivity contribution in [2.45, 2.75) is 5.41 Å². The first-order chi connectivity index (χ1) is 28.8. The SMILES string of the molecule is c1ccc(C2(c3ccccc3)c3ccccc3-c3ccc(-c4c5ccccc5c(-c5cccc(-n6c7ccccc7c7ccccc76)c5)c5ccccc45)cc32)cc1. The lowest BCUT2D eigenvalue weighted by molar-refractivity contribution is 0.769. The van der Waals surface area contributed by atoms with E-state index >= 15 is 0 Å². The highest BCUT2D eigenvalue weighted by atomic mass is 15.0. The average Bonchev–Trinajstić information content (AvgIpc) is 3.79. The number of nitrogens with zero attached hydrogens (tertiary/aromatic N) is 1. The van der Waals surface area contributed by atoms with Gasteiger partial charge in [-0.2, -0.15) is 0 Å². The Morgan fingerprint density at radius 2 is 0.741 bits per heavy atom. The number of hydrogen-bond donors (Lipinski definition) is 0. The van der Waals surface area contributed by atoms with Crippen molar-refractivity contribution < 1.29 is 0 Å². The molecule has 270 valence electrons. The van der Waals surface area contributed by atoms with Crippen LogP contribution < -0.4 is 0 Å². The Labute approximate surface area is 337 Å². The summed E-state index contributed by atoms with van der Waals surface area (Å²) in [6, 6.07) is 83.1. The molecule has 0 amide bonds. The van der Waals surface area contributed by atoms with E-state index in [9.17, 15) is 0 Å². The fourth-order valence-electron chi connectivity index (χ4n) is 10.4. The molecule has 1 aliphatic carbocycles. The Morgan fingerprint density at radius 3 is 1.31 bits per heavy atom. The Bertz CT molecular complexity index is 3240. The molecule has 1 nitrogen and oxygen atoms in total. The van der Waals surface area contributed by atoms with Gasteiger partial charge in [0.2, 0.25) is 0 Å². The minimum absolute atomic E-state index is 0.469. The Morgan fingerprint density at radius 1 is 0.293 bits per heavy atom. The molecule has 0 fully saturated rings. The van der Waals surface area contributed by atoms with Crippen LogP contribution in [-0.4, -0.2) is 4.57 Å². The molecular formula is C57H37N. The molecule has 0 atom stereocenters. The Kier molecular flexibility index (Phi) is 7.21. The Hall–Kier alpha value is -7.48. The molecule has 1 heteroatoms. The summed E-state index contributed by atoms with van der Waals surface area (Å²) in [6.45, 7) is 0. The molecule has 0 aliphatic heterocycles. The van der Waals surface area contributed by atoms with Crippen LogP contribution in [0.4, 0.5) is 0 Å². The summed E-state index contributed by atoms with van der Waals surface area (Å²) in [5.41, 5.74) is 15.9. The third-order valence-electron chi connectivity index (χ3n) is 12.7. The highest BCUT2D eigenvalue weighted by Gasteiger charge is 2.46. The minimum atomic E-state index is -0.469. The first kappa shape index (κ1) is 32.7. The fourth-order valence-corrected chi connectivity index (χ4v) is 10.4. The molecule has 12 rings (SSSR count). The first-order valence-electron chi connectivity index (χ1n) is 20.2. The molecule has 10 aromatic carbocycles. The number of rotatable bonds is 5. The summed E-state index contributed by atoms with van der Waals surface area (Å²) in [6.07, 6.45) is 0. The topological polar surface area (TPSA) is 4.93 Å². The molecule has 1 aromatic heterocycles. The van der Waals surface area contributed by atoms with E-state index in [-0.39, 0.29) is 0 Å². The van der Waals surface area contributed by atoms with Crippen molar-refractivity contribution >= 4 is 43.4 Å². The summed E-state index contributed by atoms with van der Waals surface area (Å²) in [5, 5.41) is 7.53. The van der Waals surface area contributed by atoms with E-state index in [2.05, 4.69) is 229 Å². The monoisotopic (exact) mass is 735 g/mol. The van der Waals surface area contributed by atoms with Crippen LogP contribution in [-0.2, 0) is 5.41 Å². The van der Waals surface area contributed by atoms with E-state index in [0.717, 1.165) is 5.69 Å². The smallest absolute Gasteiger partial charge is 0.0713 e. The van der Waals surface area contributed by atoms with E-state index < -0.39 is 5.41 Å². The van der Waals surface area contributed by atoms with Crippen molar-refractivity contribution in [2.75, 3.05) is 0 Å². The van der Waals surface area contributed by atoms with Crippen LogP contribution in [0, 0.1) is 0 Å². The molecule has 0 bridgehead atoms. The van der Waals surface area contributed by atoms with Crippen molar-refractivity contribution in [1.82, 2.24) is 4.57 Å². The van der Waals surface area contributed by atoms with Crippen molar-refractivity contribution in [3.05, 3.63) is 247 Å². The van der Waals surface area contributed by atoms with Gasteiger partial charge >= 0.3 is 0 Å². The zero-order chi connectivity index (χ0) is 38.2. The summed E-state index contributed by atoms with van der Waals surface area (Å²) >= 11 is 0. The van der Waals surface area contributed by atoms with Gasteiger partial charge in [0.05, 0.1) is 16.4 Å². The number of benzene rings is 10. The van der Waals surface area contributed by atoms with Crippen LogP contribution in [0.3, 0.4) is 0 Å². The number of fused-ring (bicyclic) bond motifs is 8. The van der Waals surface area contributed by atoms with Gasteiger partial charge in [0.25, 0.3) is 0 Å². The maximum Gasteiger partial charge on any atom is 0.0713 e. The van der Waals surface area contributed by atoms with Gasteiger partial charge in [-0.05, 0) is 108 Å². The van der Waals surface area contributed by atoms with Crippen LogP contribution in [0.15, 0.2) is 224 Å². The number of hydrogen-bond acceptors (Lipinski definition) is 0. The molecule has 0 unspecified atom stereocenters. The average molecular weight is 736 g/mol. The van der Waals surface area contributed by atoms with Gasteiger partial charge in [-0.15, -0.1) is 0 Å². The maximum absolute atomic E-state index is 2.51. The minimum Gasteiger partial charge on any atom is -0.309 e. The summed E-state index contributed by atoms with van der Waals surface area (Å²) in [5.74, 6) is 0. The molecule has 0 N–H and O–H groups in total. The second-order valence-corrected chi connectivity index (χ2v) is 15.5. The number of aromatic nitrogens is 1. The molecular weight excluding hydrogens is 699 g/mol. The largest absolute Gasteiger partial charge is 0.309 e. The Balaban J connectivity index is 1.12. The highest BCUT2D eigenvalue weighted by Crippen LogP contribution is 2.57. The summed E-state index contributed by atoms with van der Waals surface area (Å²) < 4.78 is 2.42. The van der Waals surface area contributed by atoms with Gasteiger partial charge < -0.3 is 4.57 Å². The molecule has 11 aromatic rings. The second kappa shape index (κ2) is 12.8. The molecule has 0 radical (unpaired) electrons. The van der Waals surface area contributed by atoms with Crippen LogP contribution >= 0.6 is 0 Å². The van der Waals surface area contributed by atoms with E-state index in [1.165, 1.54) is 99.0 Å². The third kappa shape index (κ3) is 4.59. The molecule has 0 spiro atoms. The van der Waals surface area contributed by atoms with Crippen molar-refractivity contribution in [3.63, 3.8) is 0 Å². The predicted octanol–water partition coefficient (Wildman–Crippen LogP) is 14.8. The van der Waals surface area contributed by atoms with Crippen molar-refractivity contribution in [2.24, 2.45) is 0 Å². The normalized spacial score (nSPS) is 13.0. The van der Waals surface area contributed by atoms with Gasteiger partial charge in [-0.25, -0.2) is 0 Å². The maximum atomic E-state index is 2.51. The van der Waals surface area contributed by atoms with Crippen LogP contribution in [0.1, 0.15) is 22.3 Å². The van der Waals surface area contributed by atoms with Gasteiger partial charge in [-0.3, -0.25) is 0 Å². The quantitative estimate of drug-likeness (QED) is 0.155. The van der Waals surface area contributed by atoms with Crippen LogP contribution in [0.2, 0.25) is 0 Å². The van der Waals surface area contributed by atoms with Gasteiger partial charge in [0.1, 0.15) is 0 Å². The molecule has 0 saturated carbocycles. The lowest BCUT2D eigenvalue weighted by atomic mass is 9.67.